The maximum atomic E-state index is 12.7. The number of carbonyl (C=O) groups is 1. The standard InChI is InChI=1S/C35H57N2O7P/c1-5-6-7-8-9-10-11-12-13-14-15-16-17-18-34(39)37-31(33(38)26-45(40,41)42)23-29-19-21-30(22-20-29)44-25-32-28(3)35(43-4)27(2)24-36-32/h19-22,24,31,33,38H,5-18,23,25-26H2,1-4H3,(H,37,39)(H2,40,41,42)/t31-,33+/m1/s1. The highest BCUT2D eigenvalue weighted by Gasteiger charge is 2.28. The number of unbranched alkanes of at least 4 members (excludes halogenated alkanes) is 12. The molecule has 0 saturated carbocycles. The van der Waals surface area contributed by atoms with Gasteiger partial charge in [0.05, 0.1) is 31.1 Å². The second kappa shape index (κ2) is 21.4. The van der Waals surface area contributed by atoms with Crippen LogP contribution in [0, 0.1) is 13.8 Å². The van der Waals surface area contributed by atoms with Crippen LogP contribution in [0.15, 0.2) is 30.5 Å². The summed E-state index contributed by atoms with van der Waals surface area (Å²) in [6.45, 7) is 6.39. The van der Waals surface area contributed by atoms with E-state index in [4.69, 9.17) is 9.47 Å². The Morgan fingerprint density at radius 2 is 1.47 bits per heavy atom. The van der Waals surface area contributed by atoms with Crippen LogP contribution in [0.1, 0.15) is 119 Å². The van der Waals surface area contributed by atoms with Crippen LogP contribution >= 0.6 is 7.60 Å². The van der Waals surface area contributed by atoms with Gasteiger partial charge in [-0.3, -0.25) is 14.3 Å². The number of ether oxygens (including phenoxy) is 2. The van der Waals surface area contributed by atoms with E-state index < -0.39 is 25.9 Å². The van der Waals surface area contributed by atoms with Crippen molar-refractivity contribution in [2.24, 2.45) is 0 Å². The van der Waals surface area contributed by atoms with Gasteiger partial charge >= 0.3 is 7.60 Å². The summed E-state index contributed by atoms with van der Waals surface area (Å²) in [6, 6.07) is 6.39. The first-order valence-electron chi connectivity index (χ1n) is 16.8. The van der Waals surface area contributed by atoms with Crippen LogP contribution in [0.3, 0.4) is 0 Å². The molecule has 4 N–H and O–H groups in total. The Morgan fingerprint density at radius 1 is 0.911 bits per heavy atom. The highest BCUT2D eigenvalue weighted by molar-refractivity contribution is 7.51. The number of carbonyl (C=O) groups excluding carboxylic acids is 1. The molecule has 0 radical (unpaired) electrons. The summed E-state index contributed by atoms with van der Waals surface area (Å²) in [4.78, 5) is 36.1. The van der Waals surface area contributed by atoms with E-state index in [1.807, 2.05) is 26.0 Å². The highest BCUT2D eigenvalue weighted by atomic mass is 31.2. The maximum absolute atomic E-state index is 12.7. The van der Waals surface area contributed by atoms with Crippen LogP contribution in [0.25, 0.3) is 0 Å². The van der Waals surface area contributed by atoms with Gasteiger partial charge in [-0.2, -0.15) is 0 Å². The number of aliphatic hydroxyl groups excluding tert-OH is 1. The van der Waals surface area contributed by atoms with E-state index in [1.165, 1.54) is 64.2 Å². The zero-order valence-electron chi connectivity index (χ0n) is 27.9. The number of aryl methyl sites for hydroxylation is 1. The van der Waals surface area contributed by atoms with Gasteiger partial charge in [0.25, 0.3) is 0 Å². The van der Waals surface area contributed by atoms with Gasteiger partial charge in [0.1, 0.15) is 18.1 Å². The molecule has 1 heterocycles. The van der Waals surface area contributed by atoms with Gasteiger partial charge in [0.15, 0.2) is 0 Å². The number of benzene rings is 1. The molecule has 2 aromatic rings. The van der Waals surface area contributed by atoms with E-state index in [2.05, 4.69) is 17.2 Å². The maximum Gasteiger partial charge on any atom is 0.328 e. The number of methoxy groups -OCH3 is 1. The van der Waals surface area contributed by atoms with Crippen LogP contribution in [0.5, 0.6) is 11.5 Å². The van der Waals surface area contributed by atoms with Gasteiger partial charge in [-0.15, -0.1) is 0 Å². The molecular formula is C35H57N2O7P. The summed E-state index contributed by atoms with van der Waals surface area (Å²) in [5, 5.41) is 13.5. The molecule has 0 saturated heterocycles. The topological polar surface area (TPSA) is 138 Å². The third-order valence-corrected chi connectivity index (χ3v) is 9.10. The van der Waals surface area contributed by atoms with Crippen molar-refractivity contribution in [3.05, 3.63) is 52.8 Å². The van der Waals surface area contributed by atoms with Crippen molar-refractivity contribution in [3.63, 3.8) is 0 Å². The minimum Gasteiger partial charge on any atom is -0.496 e. The second-order valence-corrected chi connectivity index (χ2v) is 14.0. The molecule has 0 aliphatic carbocycles. The number of aliphatic hydroxyl groups is 1. The van der Waals surface area contributed by atoms with E-state index in [9.17, 15) is 24.3 Å². The molecule has 0 unspecified atom stereocenters. The average Bonchev–Trinajstić information content (AvgIpc) is 2.99. The Bertz CT molecular complexity index is 1170. The van der Waals surface area contributed by atoms with Crippen LogP contribution in [0.2, 0.25) is 0 Å². The number of amides is 1. The molecule has 1 amide bonds. The van der Waals surface area contributed by atoms with Crippen LogP contribution in [0.4, 0.5) is 0 Å². The van der Waals surface area contributed by atoms with Gasteiger partial charge < -0.3 is 29.7 Å². The third kappa shape index (κ3) is 16.1. The first kappa shape index (κ1) is 38.7. The zero-order valence-corrected chi connectivity index (χ0v) is 28.8. The summed E-state index contributed by atoms with van der Waals surface area (Å²) in [6.07, 6.45) is 16.0. The van der Waals surface area contributed by atoms with Gasteiger partial charge in [0, 0.05) is 23.7 Å². The van der Waals surface area contributed by atoms with Crippen LogP contribution in [-0.4, -0.2) is 51.2 Å². The fourth-order valence-electron chi connectivity index (χ4n) is 5.58. The summed E-state index contributed by atoms with van der Waals surface area (Å²) in [5.74, 6) is 1.19. The molecule has 254 valence electrons. The van der Waals surface area contributed by atoms with E-state index in [-0.39, 0.29) is 18.9 Å². The summed E-state index contributed by atoms with van der Waals surface area (Å²) < 4.78 is 23.0. The Kier molecular flexibility index (Phi) is 18.4. The Labute approximate surface area is 270 Å². The predicted molar refractivity (Wildman–Crippen MR) is 180 cm³/mol. The van der Waals surface area contributed by atoms with Crippen molar-refractivity contribution in [2.45, 2.75) is 136 Å². The van der Waals surface area contributed by atoms with Gasteiger partial charge in [-0.25, -0.2) is 0 Å². The highest BCUT2D eigenvalue weighted by Crippen LogP contribution is 2.36. The normalized spacial score (nSPS) is 13.0. The molecule has 9 nitrogen and oxygen atoms in total. The monoisotopic (exact) mass is 648 g/mol. The molecule has 0 bridgehead atoms. The number of pyridine rings is 1. The third-order valence-electron chi connectivity index (χ3n) is 8.25. The van der Waals surface area contributed by atoms with Crippen molar-refractivity contribution in [1.29, 1.82) is 0 Å². The fourth-order valence-corrected chi connectivity index (χ4v) is 6.32. The predicted octanol–water partition coefficient (Wildman–Crippen LogP) is 7.33. The number of aromatic nitrogens is 1. The van der Waals surface area contributed by atoms with E-state index in [1.54, 1.807) is 25.4 Å². The van der Waals surface area contributed by atoms with Gasteiger partial charge in [0.2, 0.25) is 5.91 Å². The lowest BCUT2D eigenvalue weighted by atomic mass is 10.0. The van der Waals surface area contributed by atoms with E-state index in [0.717, 1.165) is 47.4 Å². The molecule has 0 aliphatic heterocycles. The van der Waals surface area contributed by atoms with Crippen molar-refractivity contribution >= 4 is 13.5 Å². The van der Waals surface area contributed by atoms with E-state index >= 15 is 0 Å². The lowest BCUT2D eigenvalue weighted by Crippen LogP contribution is -2.46. The quantitative estimate of drug-likeness (QED) is 0.0686. The van der Waals surface area contributed by atoms with Crippen molar-refractivity contribution in [3.8, 4) is 11.5 Å². The number of hydrogen-bond acceptors (Lipinski definition) is 6. The number of hydrogen-bond donors (Lipinski definition) is 4. The SMILES string of the molecule is CCCCCCCCCCCCCCCC(=O)N[C@H](Cc1ccc(OCc2ncc(C)c(OC)c2C)cc1)[C@@H](O)CP(=O)(O)O. The Balaban J connectivity index is 1.79. The molecule has 10 heteroatoms. The lowest BCUT2D eigenvalue weighted by molar-refractivity contribution is -0.122. The minimum absolute atomic E-state index is 0.218. The summed E-state index contributed by atoms with van der Waals surface area (Å²) >= 11 is 0. The molecule has 0 fully saturated rings. The molecule has 1 aromatic carbocycles. The number of rotatable bonds is 24. The summed E-state index contributed by atoms with van der Waals surface area (Å²) in [7, 11) is -2.84. The molecule has 2 rings (SSSR count). The largest absolute Gasteiger partial charge is 0.496 e. The Hall–Kier alpha value is -2.45. The fraction of sp³-hybridized carbons (Fsp3) is 0.657. The zero-order chi connectivity index (χ0) is 33.1. The summed E-state index contributed by atoms with van der Waals surface area (Å²) in [5.41, 5.74) is 3.44. The molecule has 45 heavy (non-hydrogen) atoms. The number of nitrogens with one attached hydrogen (secondary N) is 1. The van der Waals surface area contributed by atoms with Crippen molar-refractivity contribution in [2.75, 3.05) is 13.3 Å². The second-order valence-electron chi connectivity index (χ2n) is 12.3. The first-order chi connectivity index (χ1) is 21.5. The van der Waals surface area contributed by atoms with Gasteiger partial charge in [-0.05, 0) is 44.4 Å². The molecule has 1 aromatic heterocycles. The first-order valence-corrected chi connectivity index (χ1v) is 18.6. The lowest BCUT2D eigenvalue weighted by Gasteiger charge is -2.25. The van der Waals surface area contributed by atoms with Crippen LogP contribution < -0.4 is 14.8 Å². The smallest absolute Gasteiger partial charge is 0.328 e. The van der Waals surface area contributed by atoms with Crippen LogP contribution in [-0.2, 0) is 22.4 Å². The minimum atomic E-state index is -4.47. The molecular weight excluding hydrogens is 591 g/mol. The van der Waals surface area contributed by atoms with Gasteiger partial charge in [-0.1, -0.05) is 96.1 Å². The molecule has 2 atom stereocenters. The number of nitrogens with zero attached hydrogens (tertiary/aromatic N) is 1. The Morgan fingerprint density at radius 3 is 2.00 bits per heavy atom. The van der Waals surface area contributed by atoms with Crippen molar-refractivity contribution < 1.29 is 33.7 Å². The average molecular weight is 649 g/mol. The van der Waals surface area contributed by atoms with E-state index in [0.29, 0.717) is 12.2 Å². The molecule has 0 spiro atoms. The van der Waals surface area contributed by atoms with Crippen molar-refractivity contribution in [1.82, 2.24) is 10.3 Å². The molecule has 0 aliphatic rings.